The molecule has 1 unspecified atom stereocenters. The lowest BCUT2D eigenvalue weighted by Crippen LogP contribution is -2.43. The number of carbonyl (C=O) groups excluding carboxylic acids is 2. The number of nitrogens with one attached hydrogen (secondary N) is 1. The molecule has 5 rings (SSSR count). The Labute approximate surface area is 279 Å². The van der Waals surface area contributed by atoms with Gasteiger partial charge in [-0.25, -0.2) is 9.48 Å². The van der Waals surface area contributed by atoms with Crippen LogP contribution in [0.5, 0.6) is 11.5 Å². The maximum absolute atomic E-state index is 13.4. The van der Waals surface area contributed by atoms with Crippen LogP contribution in [0.4, 0.5) is 5.95 Å². The first-order chi connectivity index (χ1) is 21.8. The van der Waals surface area contributed by atoms with Crippen LogP contribution in [-0.2, 0) is 24.8 Å². The third-order valence-electron chi connectivity index (χ3n) is 7.05. The van der Waals surface area contributed by atoms with E-state index in [2.05, 4.69) is 27.8 Å². The molecule has 45 heavy (non-hydrogen) atoms. The van der Waals surface area contributed by atoms with Gasteiger partial charge in [-0.2, -0.15) is 4.98 Å². The Kier molecular flexibility index (Phi) is 11.1. The van der Waals surface area contributed by atoms with E-state index in [0.29, 0.717) is 87.6 Å². The average molecular weight is 719 g/mol. The molecule has 0 aliphatic carbocycles. The van der Waals surface area contributed by atoms with E-state index in [4.69, 9.17) is 40.6 Å². The lowest BCUT2D eigenvalue weighted by Gasteiger charge is -2.29. The molecular formula is C31H33BrClN5O6S. The van der Waals surface area contributed by atoms with Crippen LogP contribution in [0, 0.1) is 0 Å². The summed E-state index contributed by atoms with van der Waals surface area (Å²) in [6.07, 6.45) is 1.51. The summed E-state index contributed by atoms with van der Waals surface area (Å²) in [7, 11) is 0. The Morgan fingerprint density at radius 2 is 2.02 bits per heavy atom. The van der Waals surface area contributed by atoms with Gasteiger partial charge in [0.2, 0.25) is 11.1 Å². The number of allylic oxidation sites excluding steroid dienone is 1. The Bertz CT molecular complexity index is 1610. The number of nitrogens with zero attached hydrogens (tertiary/aromatic N) is 4. The summed E-state index contributed by atoms with van der Waals surface area (Å²) < 4.78 is 25.0. The van der Waals surface area contributed by atoms with E-state index in [0.717, 1.165) is 5.56 Å². The summed E-state index contributed by atoms with van der Waals surface area (Å²) in [6.45, 7) is 9.57. The van der Waals surface area contributed by atoms with E-state index in [9.17, 15) is 9.59 Å². The lowest BCUT2D eigenvalue weighted by molar-refractivity contribution is -0.138. The first kappa shape index (κ1) is 32.9. The number of anilines is 1. The number of benzene rings is 2. The second kappa shape index (κ2) is 15.2. The number of amides is 1. The number of aromatic nitrogens is 3. The molecule has 2 aromatic carbocycles. The molecule has 2 aliphatic rings. The SMILES string of the molecule is C=CCOC(=O)C1=C(C)Nc2nc(SCc3ccccc3Cl)nn2C1c1cc(Br)c(OCC(=O)N2CCOCC2)c(OCC)c1. The number of carbonyl (C=O) groups is 2. The van der Waals surface area contributed by atoms with Crippen molar-refractivity contribution in [2.45, 2.75) is 30.8 Å². The number of thioether (sulfide) groups is 1. The van der Waals surface area contributed by atoms with Gasteiger partial charge < -0.3 is 29.2 Å². The molecule has 0 saturated carbocycles. The molecule has 3 heterocycles. The standard InChI is InChI=1S/C31H33BrClN5O6S/c1-4-12-43-29(40)26-19(3)34-30-35-31(45-18-20-8-6-7-9-23(20)33)36-38(30)27(26)21-15-22(32)28(24(16-21)42-5-2)44-17-25(39)37-10-13-41-14-11-37/h4,6-9,15-16,27H,1,5,10-14,17-18H2,2-3H3,(H,34,35,36). The van der Waals surface area contributed by atoms with Gasteiger partial charge in [-0.1, -0.05) is 54.2 Å². The van der Waals surface area contributed by atoms with Gasteiger partial charge in [0.25, 0.3) is 5.91 Å². The summed E-state index contributed by atoms with van der Waals surface area (Å²) in [6, 6.07) is 10.5. The number of morpholine rings is 1. The maximum atomic E-state index is 13.4. The average Bonchev–Trinajstić information content (AvgIpc) is 3.44. The minimum Gasteiger partial charge on any atom is -0.490 e. The topological polar surface area (TPSA) is 117 Å². The molecule has 1 saturated heterocycles. The first-order valence-electron chi connectivity index (χ1n) is 14.3. The summed E-state index contributed by atoms with van der Waals surface area (Å²) >= 11 is 11.4. The van der Waals surface area contributed by atoms with Crippen molar-refractivity contribution in [2.24, 2.45) is 0 Å². The summed E-state index contributed by atoms with van der Waals surface area (Å²) in [5, 5.41) is 9.17. The molecule has 3 aromatic rings. The number of halogens is 2. The van der Waals surface area contributed by atoms with Crippen molar-refractivity contribution in [3.8, 4) is 11.5 Å². The molecule has 238 valence electrons. The first-order valence-corrected chi connectivity index (χ1v) is 16.5. The monoisotopic (exact) mass is 717 g/mol. The van der Waals surface area contributed by atoms with Crippen molar-refractivity contribution in [1.82, 2.24) is 19.7 Å². The van der Waals surface area contributed by atoms with Gasteiger partial charge >= 0.3 is 5.97 Å². The second-order valence-electron chi connectivity index (χ2n) is 10.0. The fraction of sp³-hybridized carbons (Fsp3) is 0.355. The fourth-order valence-corrected chi connectivity index (χ4v) is 6.61. The van der Waals surface area contributed by atoms with Gasteiger partial charge in [-0.05, 0) is 59.1 Å². The van der Waals surface area contributed by atoms with Crippen molar-refractivity contribution >= 4 is 57.1 Å². The second-order valence-corrected chi connectivity index (χ2v) is 12.2. The highest BCUT2D eigenvalue weighted by Crippen LogP contribution is 2.43. The third-order valence-corrected chi connectivity index (χ3v) is 8.90. The highest BCUT2D eigenvalue weighted by Gasteiger charge is 2.36. The molecule has 0 bridgehead atoms. The van der Waals surface area contributed by atoms with E-state index in [-0.39, 0.29) is 19.1 Å². The third kappa shape index (κ3) is 7.66. The van der Waals surface area contributed by atoms with Gasteiger partial charge in [0.1, 0.15) is 12.6 Å². The molecular weight excluding hydrogens is 686 g/mol. The van der Waals surface area contributed by atoms with Crippen LogP contribution in [-0.4, -0.2) is 77.7 Å². The number of ether oxygens (including phenoxy) is 4. The van der Waals surface area contributed by atoms with Gasteiger partial charge in [0, 0.05) is 29.6 Å². The van der Waals surface area contributed by atoms with Crippen LogP contribution in [0.3, 0.4) is 0 Å². The van der Waals surface area contributed by atoms with E-state index < -0.39 is 12.0 Å². The van der Waals surface area contributed by atoms with Crippen molar-refractivity contribution in [2.75, 3.05) is 51.4 Å². The van der Waals surface area contributed by atoms with Crippen molar-refractivity contribution in [1.29, 1.82) is 0 Å². The number of fused-ring (bicyclic) bond motifs is 1. The largest absolute Gasteiger partial charge is 0.490 e. The smallest absolute Gasteiger partial charge is 0.338 e. The van der Waals surface area contributed by atoms with Gasteiger partial charge in [-0.15, -0.1) is 5.10 Å². The van der Waals surface area contributed by atoms with Gasteiger partial charge in [0.05, 0.1) is 29.9 Å². The number of hydrogen-bond donors (Lipinski definition) is 1. The van der Waals surface area contributed by atoms with Crippen LogP contribution >= 0.6 is 39.3 Å². The summed E-state index contributed by atoms with van der Waals surface area (Å²) in [5.74, 6) is 1.13. The molecule has 1 aromatic heterocycles. The Morgan fingerprint density at radius 1 is 1.24 bits per heavy atom. The van der Waals surface area contributed by atoms with Crippen LogP contribution in [0.1, 0.15) is 31.0 Å². The number of hydrogen-bond acceptors (Lipinski definition) is 10. The zero-order chi connectivity index (χ0) is 31.9. The molecule has 1 atom stereocenters. The van der Waals surface area contributed by atoms with E-state index in [1.165, 1.54) is 17.8 Å². The van der Waals surface area contributed by atoms with Crippen LogP contribution in [0.25, 0.3) is 0 Å². The van der Waals surface area contributed by atoms with Gasteiger partial charge in [-0.3, -0.25) is 4.79 Å². The quantitative estimate of drug-likeness (QED) is 0.143. The lowest BCUT2D eigenvalue weighted by atomic mass is 9.95. The van der Waals surface area contributed by atoms with E-state index in [1.54, 1.807) is 22.6 Å². The van der Waals surface area contributed by atoms with E-state index >= 15 is 0 Å². The summed E-state index contributed by atoms with van der Waals surface area (Å²) in [5.41, 5.74) is 2.54. The Morgan fingerprint density at radius 3 is 2.76 bits per heavy atom. The molecule has 1 fully saturated rings. The normalized spacial score (nSPS) is 16.1. The number of esters is 1. The predicted octanol–water partition coefficient (Wildman–Crippen LogP) is 5.64. The fourth-order valence-electron chi connectivity index (χ4n) is 4.92. The van der Waals surface area contributed by atoms with Crippen molar-refractivity contribution in [3.63, 3.8) is 0 Å². The van der Waals surface area contributed by atoms with Gasteiger partial charge in [0.15, 0.2) is 18.1 Å². The molecule has 11 nitrogen and oxygen atoms in total. The molecule has 0 radical (unpaired) electrons. The van der Waals surface area contributed by atoms with Crippen LogP contribution < -0.4 is 14.8 Å². The minimum absolute atomic E-state index is 0.0450. The van der Waals surface area contributed by atoms with E-state index in [1.807, 2.05) is 37.3 Å². The summed E-state index contributed by atoms with van der Waals surface area (Å²) in [4.78, 5) is 32.7. The molecule has 1 amide bonds. The molecule has 2 aliphatic heterocycles. The van der Waals surface area contributed by atoms with Crippen molar-refractivity contribution < 1.29 is 28.5 Å². The molecule has 0 spiro atoms. The molecule has 1 N–H and O–H groups in total. The predicted molar refractivity (Wildman–Crippen MR) is 175 cm³/mol. The minimum atomic E-state index is -0.722. The highest BCUT2D eigenvalue weighted by molar-refractivity contribution is 9.10. The highest BCUT2D eigenvalue weighted by atomic mass is 79.9. The Hall–Kier alpha value is -3.52. The van der Waals surface area contributed by atoms with Crippen LogP contribution in [0.2, 0.25) is 5.02 Å². The zero-order valence-corrected chi connectivity index (χ0v) is 28.0. The van der Waals surface area contributed by atoms with Crippen molar-refractivity contribution in [3.05, 3.63) is 80.9 Å². The Balaban J connectivity index is 1.49. The zero-order valence-electron chi connectivity index (χ0n) is 24.9. The molecule has 14 heteroatoms. The maximum Gasteiger partial charge on any atom is 0.338 e. The number of rotatable bonds is 12. The van der Waals surface area contributed by atoms with Crippen LogP contribution in [0.15, 0.2) is 70.0 Å².